The number of hydrogen-bond acceptors (Lipinski definition) is 5. The van der Waals surface area contributed by atoms with Crippen molar-refractivity contribution in [3.63, 3.8) is 0 Å². The van der Waals surface area contributed by atoms with Crippen molar-refractivity contribution in [1.82, 2.24) is 15.5 Å². The number of carbonyl (C=O) groups excluding carboxylic acids is 1. The van der Waals surface area contributed by atoms with E-state index in [4.69, 9.17) is 14.2 Å². The second kappa shape index (κ2) is 10.7. The van der Waals surface area contributed by atoms with Gasteiger partial charge >= 0.3 is 6.09 Å². The van der Waals surface area contributed by atoms with E-state index in [0.29, 0.717) is 32.8 Å². The van der Waals surface area contributed by atoms with Crippen LogP contribution in [0.4, 0.5) is 4.79 Å². The summed E-state index contributed by atoms with van der Waals surface area (Å²) < 4.78 is 16.6. The van der Waals surface area contributed by atoms with Crippen LogP contribution >= 0.6 is 0 Å². The first-order valence-corrected chi connectivity index (χ1v) is 10.1. The highest BCUT2D eigenvalue weighted by Gasteiger charge is 2.34. The molecule has 156 valence electrons. The fourth-order valence-corrected chi connectivity index (χ4v) is 2.91. The van der Waals surface area contributed by atoms with E-state index in [-0.39, 0.29) is 18.2 Å². The van der Waals surface area contributed by atoms with Crippen LogP contribution in [0.3, 0.4) is 0 Å². The SMILES string of the molecule is CCNC(=NCCCOCC1CCCO1)NC1CN(C(=O)OC(C)(C)C)C1. The fraction of sp³-hybridized carbons (Fsp3) is 0.895. The minimum Gasteiger partial charge on any atom is -0.444 e. The Morgan fingerprint density at radius 2 is 2.11 bits per heavy atom. The molecule has 2 fully saturated rings. The molecule has 27 heavy (non-hydrogen) atoms. The minimum atomic E-state index is -0.460. The third kappa shape index (κ3) is 8.34. The highest BCUT2D eigenvalue weighted by molar-refractivity contribution is 5.80. The molecular formula is C19H36N4O4. The van der Waals surface area contributed by atoms with Crippen molar-refractivity contribution in [3.8, 4) is 0 Å². The predicted octanol–water partition coefficient (Wildman–Crippen LogP) is 1.75. The van der Waals surface area contributed by atoms with E-state index >= 15 is 0 Å². The summed E-state index contributed by atoms with van der Waals surface area (Å²) in [4.78, 5) is 18.3. The lowest BCUT2D eigenvalue weighted by Crippen LogP contribution is -2.63. The Kier molecular flexibility index (Phi) is 8.63. The molecule has 2 rings (SSSR count). The van der Waals surface area contributed by atoms with Gasteiger partial charge in [0, 0.05) is 39.4 Å². The molecule has 2 aliphatic rings. The van der Waals surface area contributed by atoms with Gasteiger partial charge in [0.25, 0.3) is 0 Å². The maximum atomic E-state index is 12.0. The minimum absolute atomic E-state index is 0.200. The molecule has 1 amide bonds. The van der Waals surface area contributed by atoms with Crippen LogP contribution in [0.2, 0.25) is 0 Å². The molecule has 8 nitrogen and oxygen atoms in total. The van der Waals surface area contributed by atoms with Crippen molar-refractivity contribution < 1.29 is 19.0 Å². The maximum Gasteiger partial charge on any atom is 0.410 e. The molecule has 2 saturated heterocycles. The second-order valence-corrected chi connectivity index (χ2v) is 8.05. The summed E-state index contributed by atoms with van der Waals surface area (Å²) in [6.45, 7) is 12.7. The molecule has 0 bridgehead atoms. The number of likely N-dealkylation sites (tertiary alicyclic amines) is 1. The van der Waals surface area contributed by atoms with E-state index in [9.17, 15) is 4.79 Å². The first-order valence-electron chi connectivity index (χ1n) is 10.1. The normalized spacial score (nSPS) is 21.1. The first kappa shape index (κ1) is 21.8. The second-order valence-electron chi connectivity index (χ2n) is 8.05. The van der Waals surface area contributed by atoms with E-state index in [2.05, 4.69) is 15.6 Å². The van der Waals surface area contributed by atoms with E-state index in [1.807, 2.05) is 27.7 Å². The Morgan fingerprint density at radius 1 is 1.33 bits per heavy atom. The van der Waals surface area contributed by atoms with E-state index < -0.39 is 5.60 Å². The molecule has 0 spiro atoms. The molecule has 0 aromatic rings. The molecule has 2 heterocycles. The van der Waals surface area contributed by atoms with Crippen LogP contribution in [0.5, 0.6) is 0 Å². The van der Waals surface area contributed by atoms with Crippen LogP contribution in [0, 0.1) is 0 Å². The molecular weight excluding hydrogens is 348 g/mol. The van der Waals surface area contributed by atoms with Crippen LogP contribution < -0.4 is 10.6 Å². The van der Waals surface area contributed by atoms with E-state index in [1.54, 1.807) is 4.90 Å². The number of guanidine groups is 1. The number of nitrogens with zero attached hydrogens (tertiary/aromatic N) is 2. The van der Waals surface area contributed by atoms with Crippen molar-refractivity contribution in [1.29, 1.82) is 0 Å². The van der Waals surface area contributed by atoms with Gasteiger partial charge in [-0.2, -0.15) is 0 Å². The zero-order valence-corrected chi connectivity index (χ0v) is 17.3. The quantitative estimate of drug-likeness (QED) is 0.377. The Bertz CT molecular complexity index is 481. The first-order chi connectivity index (χ1) is 12.9. The largest absolute Gasteiger partial charge is 0.444 e. The molecule has 8 heteroatoms. The number of amides is 1. The van der Waals surface area contributed by atoms with Crippen molar-refractivity contribution in [2.45, 2.75) is 64.7 Å². The van der Waals surface area contributed by atoms with Gasteiger partial charge < -0.3 is 29.7 Å². The van der Waals surface area contributed by atoms with Gasteiger partial charge in [0.1, 0.15) is 5.60 Å². The van der Waals surface area contributed by atoms with Gasteiger partial charge in [-0.25, -0.2) is 4.79 Å². The molecule has 0 radical (unpaired) electrons. The van der Waals surface area contributed by atoms with Crippen LogP contribution in [-0.4, -0.2) is 80.7 Å². The number of carbonyl (C=O) groups is 1. The van der Waals surface area contributed by atoms with Crippen LogP contribution in [-0.2, 0) is 14.2 Å². The molecule has 1 atom stereocenters. The lowest BCUT2D eigenvalue weighted by Gasteiger charge is -2.40. The van der Waals surface area contributed by atoms with Crippen LogP contribution in [0.25, 0.3) is 0 Å². The van der Waals surface area contributed by atoms with Crippen molar-refractivity contribution in [3.05, 3.63) is 0 Å². The summed E-state index contributed by atoms with van der Waals surface area (Å²) in [5, 5.41) is 6.61. The molecule has 0 aromatic heterocycles. The number of ether oxygens (including phenoxy) is 3. The lowest BCUT2D eigenvalue weighted by atomic mass is 10.1. The molecule has 0 saturated carbocycles. The Morgan fingerprint density at radius 3 is 2.74 bits per heavy atom. The summed E-state index contributed by atoms with van der Waals surface area (Å²) in [5.41, 5.74) is -0.460. The van der Waals surface area contributed by atoms with Gasteiger partial charge in [-0.3, -0.25) is 4.99 Å². The van der Waals surface area contributed by atoms with Gasteiger partial charge in [-0.1, -0.05) is 0 Å². The molecule has 0 aromatic carbocycles. The van der Waals surface area contributed by atoms with Crippen molar-refractivity contribution in [2.24, 2.45) is 4.99 Å². The van der Waals surface area contributed by atoms with Gasteiger partial charge in [0.2, 0.25) is 0 Å². The van der Waals surface area contributed by atoms with E-state index in [1.165, 1.54) is 0 Å². The Hall–Kier alpha value is -1.54. The summed E-state index contributed by atoms with van der Waals surface area (Å²) in [5.74, 6) is 0.783. The van der Waals surface area contributed by atoms with Gasteiger partial charge in [0.15, 0.2) is 5.96 Å². The topological polar surface area (TPSA) is 84.4 Å². The number of rotatable bonds is 8. The smallest absolute Gasteiger partial charge is 0.410 e. The highest BCUT2D eigenvalue weighted by atomic mass is 16.6. The number of nitrogens with one attached hydrogen (secondary N) is 2. The Balaban J connectivity index is 1.60. The number of aliphatic imine (C=N–C) groups is 1. The molecule has 2 N–H and O–H groups in total. The van der Waals surface area contributed by atoms with E-state index in [0.717, 1.165) is 38.4 Å². The molecule has 2 aliphatic heterocycles. The van der Waals surface area contributed by atoms with Crippen molar-refractivity contribution in [2.75, 3.05) is 46.0 Å². The fourth-order valence-electron chi connectivity index (χ4n) is 2.91. The Labute approximate surface area is 163 Å². The zero-order valence-electron chi connectivity index (χ0n) is 17.3. The highest BCUT2D eigenvalue weighted by Crippen LogP contribution is 2.15. The monoisotopic (exact) mass is 384 g/mol. The van der Waals surface area contributed by atoms with Crippen LogP contribution in [0.1, 0.15) is 47.0 Å². The predicted molar refractivity (Wildman–Crippen MR) is 105 cm³/mol. The average Bonchev–Trinajstić information content (AvgIpc) is 3.05. The maximum absolute atomic E-state index is 12.0. The average molecular weight is 385 g/mol. The third-order valence-corrected chi connectivity index (χ3v) is 4.26. The van der Waals surface area contributed by atoms with Gasteiger partial charge in [-0.15, -0.1) is 0 Å². The standard InChI is InChI=1S/C19H36N4O4/c1-5-20-17(21-9-7-10-25-14-16-8-6-11-26-16)22-15-12-23(13-15)18(24)27-19(2,3)4/h15-16H,5-14H2,1-4H3,(H2,20,21,22). The lowest BCUT2D eigenvalue weighted by molar-refractivity contribution is 0.00700. The zero-order chi connectivity index (χ0) is 19.7. The summed E-state index contributed by atoms with van der Waals surface area (Å²) in [6, 6.07) is 0.200. The number of hydrogen-bond donors (Lipinski definition) is 2. The summed E-state index contributed by atoms with van der Waals surface area (Å²) >= 11 is 0. The van der Waals surface area contributed by atoms with Crippen LogP contribution in [0.15, 0.2) is 4.99 Å². The summed E-state index contributed by atoms with van der Waals surface area (Å²) in [6.07, 6.45) is 3.14. The van der Waals surface area contributed by atoms with Gasteiger partial charge in [-0.05, 0) is 47.0 Å². The summed E-state index contributed by atoms with van der Waals surface area (Å²) in [7, 11) is 0. The molecule has 1 unspecified atom stereocenters. The van der Waals surface area contributed by atoms with Gasteiger partial charge in [0.05, 0.1) is 18.8 Å². The molecule has 0 aliphatic carbocycles. The van der Waals surface area contributed by atoms with Crippen molar-refractivity contribution >= 4 is 12.1 Å². The third-order valence-electron chi connectivity index (χ3n) is 4.26.